The normalized spacial score (nSPS) is 11.4. The lowest BCUT2D eigenvalue weighted by atomic mass is 9.98. The Balaban J connectivity index is 1.41. The lowest BCUT2D eigenvalue weighted by molar-refractivity contribution is 0.305. The maximum absolute atomic E-state index is 11.4. The molecule has 188 valence electrons. The number of aromatic amines is 1. The molecule has 2 aromatic carbocycles. The first-order valence-corrected chi connectivity index (χ1v) is 14.4. The Labute approximate surface area is 214 Å². The van der Waals surface area contributed by atoms with Crippen LogP contribution in [0, 0.1) is 13.8 Å². The highest BCUT2D eigenvalue weighted by Gasteiger charge is 2.12. The van der Waals surface area contributed by atoms with Gasteiger partial charge in [-0.15, -0.1) is 0 Å². The average Bonchev–Trinajstić information content (AvgIpc) is 3.26. The SMILES string of the molecule is Cc1cc(OCCCS(C)(=O)=O)nc(C)c1-c1cccc(COc2ccc(-c3cc(=O)[nH]s3)cc2)c1. The molecule has 4 aromatic rings. The Morgan fingerprint density at radius 1 is 0.972 bits per heavy atom. The van der Waals surface area contributed by atoms with E-state index in [0.29, 0.717) is 25.5 Å². The largest absolute Gasteiger partial charge is 0.489 e. The van der Waals surface area contributed by atoms with Crippen molar-refractivity contribution >= 4 is 21.4 Å². The summed E-state index contributed by atoms with van der Waals surface area (Å²) in [4.78, 5) is 16.8. The Hall–Kier alpha value is -3.43. The van der Waals surface area contributed by atoms with Crippen molar-refractivity contribution in [3.63, 3.8) is 0 Å². The number of nitrogens with zero attached hydrogens (tertiary/aromatic N) is 1. The van der Waals surface area contributed by atoms with Crippen LogP contribution >= 0.6 is 11.5 Å². The van der Waals surface area contributed by atoms with Gasteiger partial charge in [0.2, 0.25) is 5.88 Å². The van der Waals surface area contributed by atoms with Crippen LogP contribution in [0.3, 0.4) is 0 Å². The fraction of sp³-hybridized carbons (Fsp3) is 0.259. The van der Waals surface area contributed by atoms with E-state index in [2.05, 4.69) is 15.4 Å². The highest BCUT2D eigenvalue weighted by molar-refractivity contribution is 7.90. The van der Waals surface area contributed by atoms with Crippen LogP contribution in [0.5, 0.6) is 11.6 Å². The Morgan fingerprint density at radius 2 is 1.75 bits per heavy atom. The Kier molecular flexibility index (Phi) is 7.91. The maximum Gasteiger partial charge on any atom is 0.258 e. The molecule has 0 radical (unpaired) electrons. The lowest BCUT2D eigenvalue weighted by Crippen LogP contribution is -2.09. The number of ether oxygens (including phenoxy) is 2. The molecule has 4 rings (SSSR count). The van der Waals surface area contributed by atoms with Crippen molar-refractivity contribution in [3.8, 4) is 33.2 Å². The first kappa shape index (κ1) is 25.7. The van der Waals surface area contributed by atoms with E-state index in [4.69, 9.17) is 9.47 Å². The molecule has 0 amide bonds. The molecule has 2 heterocycles. The topological polar surface area (TPSA) is 98.3 Å². The number of H-pyrrole nitrogens is 1. The van der Waals surface area contributed by atoms with Crippen LogP contribution in [-0.4, -0.2) is 36.4 Å². The van der Waals surface area contributed by atoms with Crippen LogP contribution in [0.1, 0.15) is 23.2 Å². The highest BCUT2D eigenvalue weighted by Crippen LogP contribution is 2.30. The van der Waals surface area contributed by atoms with Gasteiger partial charge in [-0.1, -0.05) is 29.7 Å². The molecule has 0 saturated carbocycles. The molecule has 7 nitrogen and oxygen atoms in total. The second kappa shape index (κ2) is 11.1. The second-order valence-corrected chi connectivity index (χ2v) is 11.8. The van der Waals surface area contributed by atoms with Gasteiger partial charge in [0.15, 0.2) is 0 Å². The molecule has 0 atom stereocenters. The molecular formula is C27H28N2O5S2. The molecule has 2 aromatic heterocycles. The van der Waals surface area contributed by atoms with Crippen LogP contribution in [0.2, 0.25) is 0 Å². The van der Waals surface area contributed by atoms with Crippen molar-refractivity contribution in [2.24, 2.45) is 0 Å². The van der Waals surface area contributed by atoms with Gasteiger partial charge in [0.1, 0.15) is 22.2 Å². The fourth-order valence-electron chi connectivity index (χ4n) is 3.93. The summed E-state index contributed by atoms with van der Waals surface area (Å²) in [5.74, 6) is 1.34. The molecular weight excluding hydrogens is 496 g/mol. The van der Waals surface area contributed by atoms with Gasteiger partial charge in [-0.3, -0.25) is 9.17 Å². The summed E-state index contributed by atoms with van der Waals surface area (Å²) in [5, 5.41) is 0. The van der Waals surface area contributed by atoms with Gasteiger partial charge in [0.25, 0.3) is 5.56 Å². The predicted molar refractivity (Wildman–Crippen MR) is 144 cm³/mol. The monoisotopic (exact) mass is 524 g/mol. The van der Waals surface area contributed by atoms with E-state index in [1.165, 1.54) is 17.8 Å². The van der Waals surface area contributed by atoms with E-state index in [0.717, 1.165) is 44.1 Å². The summed E-state index contributed by atoms with van der Waals surface area (Å²) in [6, 6.07) is 19.3. The van der Waals surface area contributed by atoms with Gasteiger partial charge < -0.3 is 9.47 Å². The van der Waals surface area contributed by atoms with Gasteiger partial charge in [0, 0.05) is 29.6 Å². The third-order valence-corrected chi connectivity index (χ3v) is 7.47. The quantitative estimate of drug-likeness (QED) is 0.287. The van der Waals surface area contributed by atoms with Gasteiger partial charge in [-0.2, -0.15) is 0 Å². The summed E-state index contributed by atoms with van der Waals surface area (Å²) >= 11 is 1.31. The smallest absolute Gasteiger partial charge is 0.258 e. The van der Waals surface area contributed by atoms with Crippen LogP contribution in [0.4, 0.5) is 0 Å². The third kappa shape index (κ3) is 6.83. The molecule has 0 saturated heterocycles. The number of sulfone groups is 1. The highest BCUT2D eigenvalue weighted by atomic mass is 32.2. The van der Waals surface area contributed by atoms with Gasteiger partial charge in [-0.25, -0.2) is 13.4 Å². The molecule has 1 N–H and O–H groups in total. The van der Waals surface area contributed by atoms with Gasteiger partial charge in [0.05, 0.1) is 17.2 Å². The average molecular weight is 525 g/mol. The number of hydrogen-bond acceptors (Lipinski definition) is 7. The molecule has 0 bridgehead atoms. The van der Waals surface area contributed by atoms with Crippen molar-refractivity contribution in [2.45, 2.75) is 26.9 Å². The summed E-state index contributed by atoms with van der Waals surface area (Å²) in [7, 11) is -3.00. The number of benzene rings is 2. The number of nitrogens with one attached hydrogen (secondary N) is 1. The number of aromatic nitrogens is 2. The molecule has 9 heteroatoms. The predicted octanol–water partition coefficient (Wildman–Crippen LogP) is 5.17. The van der Waals surface area contributed by atoms with Crippen LogP contribution < -0.4 is 15.0 Å². The fourth-order valence-corrected chi connectivity index (χ4v) is 5.26. The van der Waals surface area contributed by atoms with Crippen molar-refractivity contribution in [3.05, 3.63) is 87.8 Å². The minimum Gasteiger partial charge on any atom is -0.489 e. The summed E-state index contributed by atoms with van der Waals surface area (Å²) in [6.07, 6.45) is 1.65. The summed E-state index contributed by atoms with van der Waals surface area (Å²) in [5.41, 5.74) is 5.85. The lowest BCUT2D eigenvalue weighted by Gasteiger charge is -2.14. The van der Waals surface area contributed by atoms with Crippen molar-refractivity contribution < 1.29 is 17.9 Å². The maximum atomic E-state index is 11.4. The van der Waals surface area contributed by atoms with E-state index < -0.39 is 9.84 Å². The molecule has 0 aliphatic carbocycles. The van der Waals surface area contributed by atoms with Gasteiger partial charge >= 0.3 is 0 Å². The van der Waals surface area contributed by atoms with Gasteiger partial charge in [-0.05, 0) is 72.9 Å². The zero-order valence-electron chi connectivity index (χ0n) is 20.4. The zero-order valence-corrected chi connectivity index (χ0v) is 22.0. The van der Waals surface area contributed by atoms with E-state index >= 15 is 0 Å². The van der Waals surface area contributed by atoms with Crippen molar-refractivity contribution in [2.75, 3.05) is 18.6 Å². The van der Waals surface area contributed by atoms with E-state index in [9.17, 15) is 13.2 Å². The van der Waals surface area contributed by atoms with Crippen LogP contribution in [0.25, 0.3) is 21.6 Å². The van der Waals surface area contributed by atoms with E-state index in [1.54, 1.807) is 6.07 Å². The van der Waals surface area contributed by atoms with Crippen LogP contribution in [-0.2, 0) is 16.4 Å². The molecule has 0 spiro atoms. The van der Waals surface area contributed by atoms with Crippen molar-refractivity contribution in [1.29, 1.82) is 0 Å². The minimum absolute atomic E-state index is 0.0948. The minimum atomic E-state index is -3.00. The zero-order chi connectivity index (χ0) is 25.7. The standard InChI is InChI=1S/C27H28N2O5S2/c1-18-14-26(33-12-5-13-36(3,31)32)28-19(2)27(18)22-7-4-6-20(15-22)17-34-23-10-8-21(9-11-23)24-16-25(30)29-35-24/h4,6-11,14-16H,5,12-13,17H2,1-3H3,(H,29,30). The number of aryl methyl sites for hydroxylation is 2. The van der Waals surface area contributed by atoms with Crippen LogP contribution in [0.15, 0.2) is 65.5 Å². The van der Waals surface area contributed by atoms with E-state index in [-0.39, 0.29) is 11.3 Å². The van der Waals surface area contributed by atoms with E-state index in [1.807, 2.05) is 62.4 Å². The molecule has 0 aliphatic rings. The third-order valence-electron chi connectivity index (χ3n) is 5.57. The first-order chi connectivity index (χ1) is 17.2. The second-order valence-electron chi connectivity index (χ2n) is 8.66. The number of pyridine rings is 1. The molecule has 0 unspecified atom stereocenters. The number of rotatable bonds is 10. The number of hydrogen-bond donors (Lipinski definition) is 1. The Morgan fingerprint density at radius 3 is 2.42 bits per heavy atom. The molecule has 0 aliphatic heterocycles. The Bertz CT molecular complexity index is 1480. The molecule has 36 heavy (non-hydrogen) atoms. The summed E-state index contributed by atoms with van der Waals surface area (Å²) in [6.45, 7) is 4.67. The summed E-state index contributed by atoms with van der Waals surface area (Å²) < 4.78 is 37.0. The van der Waals surface area contributed by atoms with Crippen molar-refractivity contribution in [1.82, 2.24) is 9.36 Å². The first-order valence-electron chi connectivity index (χ1n) is 11.5. The molecule has 0 fully saturated rings.